The molecule has 0 unspecified atom stereocenters. The Bertz CT molecular complexity index is 1230. The molecule has 2 heterocycles. The molecule has 33 heavy (non-hydrogen) atoms. The molecular formula is C24H29N5O4. The number of benzene rings is 2. The number of hydrogen-bond acceptors (Lipinski definition) is 6. The Morgan fingerprint density at radius 1 is 1.15 bits per heavy atom. The van der Waals surface area contributed by atoms with Crippen LogP contribution in [0.5, 0.6) is 0 Å². The number of piperazine rings is 1. The van der Waals surface area contributed by atoms with Crippen LogP contribution in [0.25, 0.3) is 11.1 Å². The molecule has 0 saturated carbocycles. The van der Waals surface area contributed by atoms with Gasteiger partial charge in [0.05, 0.1) is 12.1 Å². The molecule has 2 N–H and O–H groups in total. The van der Waals surface area contributed by atoms with Crippen molar-refractivity contribution in [3.8, 4) is 0 Å². The molecule has 9 heteroatoms. The topological polar surface area (TPSA) is 99.8 Å². The fourth-order valence-corrected chi connectivity index (χ4v) is 4.31. The van der Waals surface area contributed by atoms with Crippen molar-refractivity contribution < 1.29 is 14.0 Å². The van der Waals surface area contributed by atoms with Gasteiger partial charge in [0.15, 0.2) is 5.58 Å². The number of rotatable bonds is 6. The summed E-state index contributed by atoms with van der Waals surface area (Å²) in [6, 6.07) is 12.9. The lowest BCUT2D eigenvalue weighted by atomic mass is 10.00. The number of oxazole rings is 1. The van der Waals surface area contributed by atoms with Crippen molar-refractivity contribution >= 4 is 28.6 Å². The van der Waals surface area contributed by atoms with Gasteiger partial charge in [0, 0.05) is 56.6 Å². The normalized spacial score (nSPS) is 17.2. The zero-order chi connectivity index (χ0) is 23.5. The predicted molar refractivity (Wildman–Crippen MR) is 126 cm³/mol. The maximum Gasteiger partial charge on any atom is 0.419 e. The molecule has 0 radical (unpaired) electrons. The summed E-state index contributed by atoms with van der Waals surface area (Å²) >= 11 is 0. The van der Waals surface area contributed by atoms with Gasteiger partial charge in [-0.15, -0.1) is 0 Å². The van der Waals surface area contributed by atoms with Crippen molar-refractivity contribution in [3.05, 3.63) is 64.1 Å². The highest BCUT2D eigenvalue weighted by molar-refractivity contribution is 5.94. The molecule has 2 amide bonds. The predicted octanol–water partition coefficient (Wildman–Crippen LogP) is 1.90. The summed E-state index contributed by atoms with van der Waals surface area (Å²) in [6.07, 6.45) is 0. The molecule has 9 nitrogen and oxygen atoms in total. The zero-order valence-corrected chi connectivity index (χ0v) is 19.1. The molecule has 0 aliphatic carbocycles. The van der Waals surface area contributed by atoms with Gasteiger partial charge >= 0.3 is 5.76 Å². The minimum Gasteiger partial charge on any atom is -0.408 e. The molecule has 0 spiro atoms. The number of nitrogens with one attached hydrogen (secondary N) is 2. The first-order valence-corrected chi connectivity index (χ1v) is 11.1. The van der Waals surface area contributed by atoms with E-state index in [1.54, 1.807) is 35.9 Å². The zero-order valence-electron chi connectivity index (χ0n) is 19.1. The van der Waals surface area contributed by atoms with E-state index in [-0.39, 0.29) is 24.4 Å². The number of amides is 2. The van der Waals surface area contributed by atoms with Crippen molar-refractivity contribution in [2.24, 2.45) is 0 Å². The molecule has 174 valence electrons. The maximum atomic E-state index is 12.7. The third kappa shape index (κ3) is 4.84. The summed E-state index contributed by atoms with van der Waals surface area (Å²) in [7, 11) is 3.67. The lowest BCUT2D eigenvalue weighted by Crippen LogP contribution is -2.48. The Balaban J connectivity index is 1.43. The molecule has 1 aliphatic rings. The SMILES string of the molecule is CCn1c(=O)oc2cc(NC(=O)CN3CCN(C)[C@@H](c4cccc(C(=O)NC)c4)C3)ccc21. The second kappa shape index (κ2) is 9.60. The van der Waals surface area contributed by atoms with Gasteiger partial charge in [-0.3, -0.25) is 24.0 Å². The molecule has 1 aromatic heterocycles. The lowest BCUT2D eigenvalue weighted by Gasteiger charge is -2.39. The van der Waals surface area contributed by atoms with Crippen LogP contribution in [0.2, 0.25) is 0 Å². The molecule has 3 aromatic rings. The van der Waals surface area contributed by atoms with Gasteiger partial charge in [0.25, 0.3) is 5.91 Å². The minimum atomic E-state index is -0.403. The lowest BCUT2D eigenvalue weighted by molar-refractivity contribution is -0.118. The number of aryl methyl sites for hydroxylation is 1. The average Bonchev–Trinajstić information content (AvgIpc) is 3.13. The summed E-state index contributed by atoms with van der Waals surface area (Å²) in [5, 5.41) is 5.57. The number of carbonyl (C=O) groups excluding carboxylic acids is 2. The maximum absolute atomic E-state index is 12.7. The number of hydrogen-bond donors (Lipinski definition) is 2. The first-order valence-electron chi connectivity index (χ1n) is 11.1. The highest BCUT2D eigenvalue weighted by Gasteiger charge is 2.27. The highest BCUT2D eigenvalue weighted by atomic mass is 16.4. The molecule has 1 aliphatic heterocycles. The van der Waals surface area contributed by atoms with Crippen LogP contribution in [0.4, 0.5) is 5.69 Å². The summed E-state index contributed by atoms with van der Waals surface area (Å²) in [5.74, 6) is -0.650. The summed E-state index contributed by atoms with van der Waals surface area (Å²) in [4.78, 5) is 41.0. The molecule has 4 rings (SSSR count). The van der Waals surface area contributed by atoms with E-state index in [1.165, 1.54) is 0 Å². The molecule has 1 fully saturated rings. The number of carbonyl (C=O) groups is 2. The van der Waals surface area contributed by atoms with Crippen LogP contribution >= 0.6 is 0 Å². The second-order valence-corrected chi connectivity index (χ2v) is 8.28. The van der Waals surface area contributed by atoms with Gasteiger partial charge in [-0.1, -0.05) is 12.1 Å². The van der Waals surface area contributed by atoms with Gasteiger partial charge in [0.1, 0.15) is 0 Å². The van der Waals surface area contributed by atoms with Gasteiger partial charge in [-0.05, 0) is 43.8 Å². The van der Waals surface area contributed by atoms with E-state index in [1.807, 2.05) is 25.1 Å². The van der Waals surface area contributed by atoms with Gasteiger partial charge in [0.2, 0.25) is 5.91 Å². The quantitative estimate of drug-likeness (QED) is 0.594. The minimum absolute atomic E-state index is 0.0792. The first kappa shape index (κ1) is 22.8. The van der Waals surface area contributed by atoms with Crippen molar-refractivity contribution in [1.82, 2.24) is 19.7 Å². The van der Waals surface area contributed by atoms with E-state index < -0.39 is 5.76 Å². The fourth-order valence-electron chi connectivity index (χ4n) is 4.31. The average molecular weight is 452 g/mol. The molecule has 1 atom stereocenters. The van der Waals surface area contributed by atoms with Crippen LogP contribution in [0.1, 0.15) is 28.9 Å². The van der Waals surface area contributed by atoms with Gasteiger partial charge in [-0.2, -0.15) is 0 Å². The van der Waals surface area contributed by atoms with E-state index in [0.717, 1.165) is 18.7 Å². The molecular weight excluding hydrogens is 422 g/mol. The van der Waals surface area contributed by atoms with E-state index >= 15 is 0 Å². The number of likely N-dealkylation sites (N-methyl/N-ethyl adjacent to an activating group) is 1. The van der Waals surface area contributed by atoms with Crippen LogP contribution < -0.4 is 16.4 Å². The van der Waals surface area contributed by atoms with Crippen LogP contribution in [0.3, 0.4) is 0 Å². The summed E-state index contributed by atoms with van der Waals surface area (Å²) in [5.41, 5.74) is 3.42. The number of aromatic nitrogens is 1. The summed E-state index contributed by atoms with van der Waals surface area (Å²) < 4.78 is 6.83. The van der Waals surface area contributed by atoms with Crippen molar-refractivity contribution in [2.45, 2.75) is 19.5 Å². The number of fused-ring (bicyclic) bond motifs is 1. The molecule has 0 bridgehead atoms. The van der Waals surface area contributed by atoms with Crippen LogP contribution in [-0.4, -0.2) is 66.5 Å². The second-order valence-electron chi connectivity index (χ2n) is 8.28. The number of nitrogens with zero attached hydrogens (tertiary/aromatic N) is 3. The van der Waals surface area contributed by atoms with Crippen LogP contribution in [0, 0.1) is 0 Å². The van der Waals surface area contributed by atoms with Gasteiger partial charge in [-0.25, -0.2) is 4.79 Å². The Kier molecular flexibility index (Phi) is 6.62. The van der Waals surface area contributed by atoms with Crippen molar-refractivity contribution in [3.63, 3.8) is 0 Å². The standard InChI is InChI=1S/C24H29N5O4/c1-4-29-19-9-8-18(13-21(19)33-24(29)32)26-22(30)15-28-11-10-27(3)20(14-28)16-6-5-7-17(12-16)23(31)25-2/h5-9,12-13,20H,4,10-11,14-15H2,1-3H3,(H,25,31)(H,26,30)/t20-/m1/s1. The Morgan fingerprint density at radius 2 is 1.97 bits per heavy atom. The van der Waals surface area contributed by atoms with Crippen molar-refractivity contribution in [1.29, 1.82) is 0 Å². The molecule has 1 saturated heterocycles. The summed E-state index contributed by atoms with van der Waals surface area (Å²) in [6.45, 7) is 4.90. The fraction of sp³-hybridized carbons (Fsp3) is 0.375. The third-order valence-electron chi connectivity index (χ3n) is 6.13. The Hall–Kier alpha value is -3.43. The van der Waals surface area contributed by atoms with Gasteiger partial charge < -0.3 is 15.1 Å². The van der Waals surface area contributed by atoms with Crippen molar-refractivity contribution in [2.75, 3.05) is 45.6 Å². The number of anilines is 1. The smallest absolute Gasteiger partial charge is 0.408 e. The third-order valence-corrected chi connectivity index (χ3v) is 6.13. The van der Waals surface area contributed by atoms with E-state index in [9.17, 15) is 14.4 Å². The van der Waals surface area contributed by atoms with Crippen LogP contribution in [-0.2, 0) is 11.3 Å². The highest BCUT2D eigenvalue weighted by Crippen LogP contribution is 2.25. The monoisotopic (exact) mass is 451 g/mol. The first-order chi connectivity index (χ1) is 15.9. The van der Waals surface area contributed by atoms with E-state index in [2.05, 4.69) is 27.5 Å². The Labute approximate surface area is 192 Å². The van der Waals surface area contributed by atoms with E-state index in [0.29, 0.717) is 35.4 Å². The van der Waals surface area contributed by atoms with Crippen LogP contribution in [0.15, 0.2) is 51.7 Å². The largest absolute Gasteiger partial charge is 0.419 e. The molecule has 2 aromatic carbocycles. The Morgan fingerprint density at radius 3 is 2.73 bits per heavy atom. The van der Waals surface area contributed by atoms with E-state index in [4.69, 9.17) is 4.42 Å².